The molecule has 0 spiro atoms. The van der Waals surface area contributed by atoms with E-state index in [1.54, 1.807) is 12.5 Å². The summed E-state index contributed by atoms with van der Waals surface area (Å²) in [5.74, 6) is 0.0927. The first-order valence-corrected chi connectivity index (χ1v) is 7.42. The van der Waals surface area contributed by atoms with E-state index >= 15 is 0 Å². The van der Waals surface area contributed by atoms with Crippen LogP contribution in [0.4, 0.5) is 0 Å². The first kappa shape index (κ1) is 19.5. The molecule has 2 heterocycles. The lowest BCUT2D eigenvalue weighted by Gasteiger charge is -2.22. The lowest BCUT2D eigenvalue weighted by atomic mass is 10.0. The van der Waals surface area contributed by atoms with Crippen LogP contribution in [0.1, 0.15) is 24.8 Å². The maximum Gasteiger partial charge on any atom is 0.237 e. The molecule has 1 fully saturated rings. The average molecular weight is 357 g/mol. The van der Waals surface area contributed by atoms with Crippen LogP contribution in [0.2, 0.25) is 0 Å². The second kappa shape index (κ2) is 9.55. The minimum absolute atomic E-state index is 0. The second-order valence-electron chi connectivity index (χ2n) is 5.32. The molecule has 1 aromatic heterocycles. The Morgan fingerprint density at radius 2 is 2.13 bits per heavy atom. The van der Waals surface area contributed by atoms with Gasteiger partial charge in [0.05, 0.1) is 18.1 Å². The number of imidazole rings is 1. The maximum atomic E-state index is 12.2. The van der Waals surface area contributed by atoms with E-state index < -0.39 is 0 Å². The van der Waals surface area contributed by atoms with Crippen LogP contribution in [0.25, 0.3) is 5.69 Å². The highest BCUT2D eigenvalue weighted by atomic mass is 35.5. The van der Waals surface area contributed by atoms with Crippen molar-refractivity contribution in [3.05, 3.63) is 48.5 Å². The number of para-hydroxylation sites is 1. The van der Waals surface area contributed by atoms with E-state index in [0.29, 0.717) is 6.54 Å². The number of nitrogens with zero attached hydrogens (tertiary/aromatic N) is 2. The number of carbonyl (C=O) groups excluding carboxylic acids is 1. The van der Waals surface area contributed by atoms with E-state index in [0.717, 1.165) is 37.1 Å². The largest absolute Gasteiger partial charge is 0.351 e. The van der Waals surface area contributed by atoms with Crippen molar-refractivity contribution in [1.29, 1.82) is 0 Å². The highest BCUT2D eigenvalue weighted by molar-refractivity contribution is 5.85. The summed E-state index contributed by atoms with van der Waals surface area (Å²) >= 11 is 0. The highest BCUT2D eigenvalue weighted by Crippen LogP contribution is 2.14. The minimum atomic E-state index is -0.0424. The summed E-state index contributed by atoms with van der Waals surface area (Å²) < 4.78 is 1.96. The molecule has 2 aromatic rings. The normalized spacial score (nSPS) is 16.8. The van der Waals surface area contributed by atoms with Crippen LogP contribution in [0.5, 0.6) is 0 Å². The molecule has 0 bridgehead atoms. The molecule has 3 rings (SSSR count). The fraction of sp³-hybridized carbons (Fsp3) is 0.375. The van der Waals surface area contributed by atoms with Crippen molar-refractivity contribution < 1.29 is 4.79 Å². The van der Waals surface area contributed by atoms with Crippen LogP contribution >= 0.6 is 24.8 Å². The molecule has 0 radical (unpaired) electrons. The van der Waals surface area contributed by atoms with Crippen LogP contribution in [0.15, 0.2) is 43.0 Å². The number of benzene rings is 1. The summed E-state index contributed by atoms with van der Waals surface area (Å²) in [6.45, 7) is 1.47. The van der Waals surface area contributed by atoms with Gasteiger partial charge in [0.1, 0.15) is 0 Å². The molecule has 1 amide bonds. The Kier molecular flexibility index (Phi) is 8.09. The number of hydrogen-bond donors (Lipinski definition) is 2. The zero-order valence-corrected chi connectivity index (χ0v) is 14.4. The summed E-state index contributed by atoms with van der Waals surface area (Å²) in [5.41, 5.74) is 2.13. The molecule has 126 valence electrons. The molecule has 1 aliphatic heterocycles. The van der Waals surface area contributed by atoms with Gasteiger partial charge in [0, 0.05) is 18.9 Å². The number of amides is 1. The molecule has 5 nitrogen and oxygen atoms in total. The fourth-order valence-electron chi connectivity index (χ4n) is 2.69. The monoisotopic (exact) mass is 356 g/mol. The predicted molar refractivity (Wildman–Crippen MR) is 95.5 cm³/mol. The fourth-order valence-corrected chi connectivity index (χ4v) is 2.69. The van der Waals surface area contributed by atoms with E-state index in [1.165, 1.54) is 0 Å². The molecule has 2 N–H and O–H groups in total. The minimum Gasteiger partial charge on any atom is -0.351 e. The van der Waals surface area contributed by atoms with Gasteiger partial charge >= 0.3 is 0 Å². The van der Waals surface area contributed by atoms with Crippen molar-refractivity contribution in [2.45, 2.75) is 31.8 Å². The van der Waals surface area contributed by atoms with Crippen molar-refractivity contribution in [3.8, 4) is 5.69 Å². The zero-order chi connectivity index (χ0) is 14.5. The molecule has 1 aromatic carbocycles. The van der Waals surface area contributed by atoms with Gasteiger partial charge in [-0.05, 0) is 31.0 Å². The smallest absolute Gasteiger partial charge is 0.237 e. The number of nitrogens with one attached hydrogen (secondary N) is 2. The Bertz CT molecular complexity index is 598. The van der Waals surface area contributed by atoms with Gasteiger partial charge in [0.2, 0.25) is 5.91 Å². The summed E-state index contributed by atoms with van der Waals surface area (Å²) in [5, 5.41) is 6.31. The average Bonchev–Trinajstić information content (AvgIpc) is 3.08. The van der Waals surface area contributed by atoms with E-state index in [-0.39, 0.29) is 36.8 Å². The van der Waals surface area contributed by atoms with Crippen molar-refractivity contribution in [1.82, 2.24) is 20.2 Å². The molecule has 1 atom stereocenters. The molecule has 7 heteroatoms. The van der Waals surface area contributed by atoms with Crippen LogP contribution in [0.3, 0.4) is 0 Å². The van der Waals surface area contributed by atoms with Crippen LogP contribution in [-0.4, -0.2) is 28.0 Å². The molecule has 0 unspecified atom stereocenters. The molecule has 0 saturated carbocycles. The van der Waals surface area contributed by atoms with Crippen LogP contribution in [0, 0.1) is 0 Å². The number of halogens is 2. The van der Waals surface area contributed by atoms with Crippen LogP contribution < -0.4 is 10.6 Å². The number of carbonyl (C=O) groups is 1. The molecule has 23 heavy (non-hydrogen) atoms. The third-order valence-electron chi connectivity index (χ3n) is 3.85. The predicted octanol–water partition coefficient (Wildman–Crippen LogP) is 2.47. The summed E-state index contributed by atoms with van der Waals surface area (Å²) in [4.78, 5) is 16.3. The van der Waals surface area contributed by atoms with E-state index in [9.17, 15) is 4.79 Å². The van der Waals surface area contributed by atoms with Crippen molar-refractivity contribution >= 4 is 30.7 Å². The van der Waals surface area contributed by atoms with E-state index in [1.807, 2.05) is 35.0 Å². The first-order valence-electron chi connectivity index (χ1n) is 7.42. The third-order valence-corrected chi connectivity index (χ3v) is 3.85. The Hall–Kier alpha value is -1.56. The number of aromatic nitrogens is 2. The van der Waals surface area contributed by atoms with Crippen molar-refractivity contribution in [2.75, 3.05) is 6.54 Å². The zero-order valence-electron chi connectivity index (χ0n) is 12.8. The van der Waals surface area contributed by atoms with Gasteiger partial charge in [-0.15, -0.1) is 24.8 Å². The lowest BCUT2D eigenvalue weighted by Crippen LogP contribution is -2.46. The SMILES string of the molecule is Cl.Cl.O=C(NCc1ccccc1-n1ccnc1)[C@H]1CCCCN1. The standard InChI is InChI=1S/C16H20N4O.2ClH/c21-16(14-6-3-4-8-18-14)19-11-13-5-1-2-7-15(13)20-10-9-17-12-20;;/h1-2,5,7,9-10,12,14,18H,3-4,6,8,11H2,(H,19,21);2*1H/t14-;;/m1../s1. The Labute approximate surface area is 148 Å². The highest BCUT2D eigenvalue weighted by Gasteiger charge is 2.20. The summed E-state index contributed by atoms with van der Waals surface area (Å²) in [7, 11) is 0. The second-order valence-corrected chi connectivity index (χ2v) is 5.32. The molecular weight excluding hydrogens is 335 g/mol. The molecular formula is C16H22Cl2N4O. The van der Waals surface area contributed by atoms with Gasteiger partial charge in [-0.25, -0.2) is 4.98 Å². The van der Waals surface area contributed by atoms with E-state index in [4.69, 9.17) is 0 Å². The van der Waals surface area contributed by atoms with Gasteiger partial charge in [-0.1, -0.05) is 24.6 Å². The van der Waals surface area contributed by atoms with Gasteiger partial charge < -0.3 is 15.2 Å². The summed E-state index contributed by atoms with van der Waals surface area (Å²) in [6.07, 6.45) is 8.63. The van der Waals surface area contributed by atoms with Gasteiger partial charge in [0.25, 0.3) is 0 Å². The van der Waals surface area contributed by atoms with Crippen molar-refractivity contribution in [2.24, 2.45) is 0 Å². The number of piperidine rings is 1. The van der Waals surface area contributed by atoms with Gasteiger partial charge in [-0.3, -0.25) is 4.79 Å². The Morgan fingerprint density at radius 3 is 2.83 bits per heavy atom. The van der Waals surface area contributed by atoms with E-state index in [2.05, 4.69) is 15.6 Å². The number of hydrogen-bond acceptors (Lipinski definition) is 3. The third kappa shape index (κ3) is 4.96. The summed E-state index contributed by atoms with van der Waals surface area (Å²) in [6, 6.07) is 8.00. The first-order chi connectivity index (χ1) is 10.3. The Morgan fingerprint density at radius 1 is 1.30 bits per heavy atom. The number of rotatable bonds is 4. The Balaban J connectivity index is 0.00000132. The quantitative estimate of drug-likeness (QED) is 0.884. The van der Waals surface area contributed by atoms with Crippen molar-refractivity contribution in [3.63, 3.8) is 0 Å². The molecule has 1 aliphatic rings. The van der Waals surface area contributed by atoms with Gasteiger partial charge in [0.15, 0.2) is 0 Å². The van der Waals surface area contributed by atoms with Crippen LogP contribution in [-0.2, 0) is 11.3 Å². The lowest BCUT2D eigenvalue weighted by molar-refractivity contribution is -0.123. The molecule has 0 aliphatic carbocycles. The topological polar surface area (TPSA) is 59.0 Å². The van der Waals surface area contributed by atoms with Gasteiger partial charge in [-0.2, -0.15) is 0 Å². The molecule has 1 saturated heterocycles. The maximum absolute atomic E-state index is 12.2.